The van der Waals surface area contributed by atoms with Crippen molar-refractivity contribution in [2.75, 3.05) is 23.7 Å². The molecule has 0 spiro atoms. The maximum absolute atomic E-state index is 6.19. The molecule has 1 unspecified atom stereocenters. The van der Waals surface area contributed by atoms with Crippen molar-refractivity contribution in [3.8, 4) is 0 Å². The third-order valence-corrected chi connectivity index (χ3v) is 3.55. The van der Waals surface area contributed by atoms with Crippen molar-refractivity contribution in [2.45, 2.75) is 46.6 Å². The van der Waals surface area contributed by atoms with Crippen LogP contribution in [-0.4, -0.2) is 22.9 Å². The number of piperidine rings is 1. The molecule has 1 aliphatic heterocycles. The molecular weight excluding hydrogens is 212 g/mol. The summed E-state index contributed by atoms with van der Waals surface area (Å²) in [4.78, 5) is 2.41. The highest BCUT2D eigenvalue weighted by Crippen LogP contribution is 2.32. The highest BCUT2D eigenvalue weighted by Gasteiger charge is 2.24. The first-order valence-electron chi connectivity index (χ1n) is 6.60. The molecule has 2 heterocycles. The van der Waals surface area contributed by atoms with Crippen LogP contribution < -0.4 is 10.6 Å². The van der Waals surface area contributed by atoms with Gasteiger partial charge in [-0.1, -0.05) is 6.92 Å². The molecule has 17 heavy (non-hydrogen) atoms. The summed E-state index contributed by atoms with van der Waals surface area (Å²) in [6, 6.07) is 0.359. The van der Waals surface area contributed by atoms with E-state index in [2.05, 4.69) is 35.5 Å². The van der Waals surface area contributed by atoms with E-state index in [0.717, 1.165) is 36.2 Å². The van der Waals surface area contributed by atoms with Crippen molar-refractivity contribution in [1.29, 1.82) is 0 Å². The first-order valence-corrected chi connectivity index (χ1v) is 6.60. The maximum atomic E-state index is 6.19. The number of nitrogens with zero attached hydrogens (tertiary/aromatic N) is 3. The number of hydrogen-bond donors (Lipinski definition) is 1. The van der Waals surface area contributed by atoms with Crippen molar-refractivity contribution in [3.05, 3.63) is 5.69 Å². The summed E-state index contributed by atoms with van der Waals surface area (Å²) in [6.07, 6.45) is 2.58. The van der Waals surface area contributed by atoms with Gasteiger partial charge in [-0.15, -0.1) is 0 Å². The van der Waals surface area contributed by atoms with E-state index in [1.807, 2.05) is 6.92 Å². The third kappa shape index (κ3) is 2.26. The lowest BCUT2D eigenvalue weighted by atomic mass is 10.0. The minimum absolute atomic E-state index is 0.359. The Balaban J connectivity index is 2.35. The summed E-state index contributed by atoms with van der Waals surface area (Å²) in [5.41, 5.74) is 8.00. The van der Waals surface area contributed by atoms with E-state index in [0.29, 0.717) is 6.04 Å². The molecule has 0 aromatic carbocycles. The highest BCUT2D eigenvalue weighted by molar-refractivity contribution is 5.66. The van der Waals surface area contributed by atoms with Gasteiger partial charge >= 0.3 is 0 Å². The Morgan fingerprint density at radius 3 is 2.71 bits per heavy atom. The van der Waals surface area contributed by atoms with Crippen molar-refractivity contribution in [1.82, 2.24) is 9.78 Å². The number of nitrogen functional groups attached to an aromatic ring is 1. The first kappa shape index (κ1) is 12.3. The summed E-state index contributed by atoms with van der Waals surface area (Å²) in [5.74, 6) is 1.88. The first-order chi connectivity index (χ1) is 8.00. The zero-order valence-electron chi connectivity index (χ0n) is 11.4. The molecule has 1 aromatic rings. The molecular formula is C13H24N4. The molecule has 96 valence electrons. The lowest BCUT2D eigenvalue weighted by Crippen LogP contribution is -2.36. The van der Waals surface area contributed by atoms with E-state index in [-0.39, 0.29) is 0 Å². The number of nitrogens with two attached hydrogens (primary N) is 1. The van der Waals surface area contributed by atoms with Crippen molar-refractivity contribution >= 4 is 11.5 Å². The summed E-state index contributed by atoms with van der Waals surface area (Å²) in [6.45, 7) is 10.8. The summed E-state index contributed by atoms with van der Waals surface area (Å²) < 4.78 is 2.07. The Hall–Kier alpha value is -1.19. The zero-order valence-corrected chi connectivity index (χ0v) is 11.4. The average molecular weight is 236 g/mol. The fourth-order valence-corrected chi connectivity index (χ4v) is 2.61. The molecule has 1 aromatic heterocycles. The van der Waals surface area contributed by atoms with Crippen LogP contribution in [0.4, 0.5) is 11.5 Å². The van der Waals surface area contributed by atoms with Crippen LogP contribution in [0.15, 0.2) is 0 Å². The highest BCUT2D eigenvalue weighted by atomic mass is 15.4. The Kier molecular flexibility index (Phi) is 3.31. The molecule has 1 atom stereocenters. The molecule has 0 aliphatic carbocycles. The molecule has 1 aliphatic rings. The van der Waals surface area contributed by atoms with E-state index < -0.39 is 0 Å². The molecule has 0 saturated carbocycles. The molecule has 4 nitrogen and oxygen atoms in total. The largest absolute Gasteiger partial charge is 0.394 e. The molecule has 2 N–H and O–H groups in total. The predicted octanol–water partition coefficient (Wildman–Crippen LogP) is 2.59. The van der Waals surface area contributed by atoms with Crippen LogP contribution in [0.25, 0.3) is 0 Å². The Labute approximate surface area is 104 Å². The Bertz CT molecular complexity index is 394. The fraction of sp³-hybridized carbons (Fsp3) is 0.769. The van der Waals surface area contributed by atoms with Gasteiger partial charge < -0.3 is 10.6 Å². The maximum Gasteiger partial charge on any atom is 0.150 e. The molecule has 4 heteroatoms. The minimum Gasteiger partial charge on any atom is -0.394 e. The normalized spacial score (nSPS) is 21.2. The SMILES string of the molecule is Cc1nn(C(C)C)c(N2CCCC(C)C2)c1N. The van der Waals surface area contributed by atoms with E-state index >= 15 is 0 Å². The van der Waals surface area contributed by atoms with Crippen LogP contribution in [0, 0.1) is 12.8 Å². The second-order valence-electron chi connectivity index (χ2n) is 5.55. The summed E-state index contributed by atoms with van der Waals surface area (Å²) >= 11 is 0. The van der Waals surface area contributed by atoms with Gasteiger partial charge in [-0.25, -0.2) is 4.68 Å². The van der Waals surface area contributed by atoms with E-state index in [1.54, 1.807) is 0 Å². The molecule has 0 bridgehead atoms. The van der Waals surface area contributed by atoms with Gasteiger partial charge in [0.05, 0.1) is 11.4 Å². The minimum atomic E-state index is 0.359. The Morgan fingerprint density at radius 1 is 1.41 bits per heavy atom. The van der Waals surface area contributed by atoms with E-state index in [9.17, 15) is 0 Å². The monoisotopic (exact) mass is 236 g/mol. The molecule has 1 saturated heterocycles. The lowest BCUT2D eigenvalue weighted by Gasteiger charge is -2.33. The van der Waals surface area contributed by atoms with Crippen LogP contribution >= 0.6 is 0 Å². The van der Waals surface area contributed by atoms with Gasteiger partial charge in [-0.2, -0.15) is 5.10 Å². The smallest absolute Gasteiger partial charge is 0.150 e. The van der Waals surface area contributed by atoms with Crippen LogP contribution in [-0.2, 0) is 0 Å². The summed E-state index contributed by atoms with van der Waals surface area (Å²) in [7, 11) is 0. The van der Waals surface area contributed by atoms with Gasteiger partial charge in [0.2, 0.25) is 0 Å². The van der Waals surface area contributed by atoms with Crippen molar-refractivity contribution in [3.63, 3.8) is 0 Å². The molecule has 2 rings (SSSR count). The molecule has 0 radical (unpaired) electrons. The lowest BCUT2D eigenvalue weighted by molar-refractivity contribution is 0.430. The van der Waals surface area contributed by atoms with Crippen molar-refractivity contribution in [2.24, 2.45) is 5.92 Å². The Morgan fingerprint density at radius 2 is 2.12 bits per heavy atom. The number of rotatable bonds is 2. The van der Waals surface area contributed by atoms with E-state index in [4.69, 9.17) is 5.73 Å². The van der Waals surface area contributed by atoms with E-state index in [1.165, 1.54) is 12.8 Å². The predicted molar refractivity (Wildman–Crippen MR) is 72.4 cm³/mol. The van der Waals surface area contributed by atoms with Gasteiger partial charge in [0, 0.05) is 19.1 Å². The standard InChI is InChI=1S/C13H24N4/c1-9(2)17-13(12(14)11(4)15-17)16-7-5-6-10(3)8-16/h9-10H,5-8,14H2,1-4H3. The average Bonchev–Trinajstić information content (AvgIpc) is 2.56. The number of aromatic nitrogens is 2. The second kappa shape index (κ2) is 4.59. The van der Waals surface area contributed by atoms with Crippen LogP contribution in [0.5, 0.6) is 0 Å². The van der Waals surface area contributed by atoms with Crippen LogP contribution in [0.1, 0.15) is 45.3 Å². The topological polar surface area (TPSA) is 47.1 Å². The fourth-order valence-electron chi connectivity index (χ4n) is 2.61. The summed E-state index contributed by atoms with van der Waals surface area (Å²) in [5, 5.41) is 4.56. The van der Waals surface area contributed by atoms with Crippen LogP contribution in [0.3, 0.4) is 0 Å². The third-order valence-electron chi connectivity index (χ3n) is 3.55. The van der Waals surface area contributed by atoms with Crippen molar-refractivity contribution < 1.29 is 0 Å². The quantitative estimate of drug-likeness (QED) is 0.858. The molecule has 1 fully saturated rings. The van der Waals surface area contributed by atoms with Gasteiger partial charge in [-0.3, -0.25) is 0 Å². The molecule has 0 amide bonds. The van der Waals surface area contributed by atoms with Crippen LogP contribution in [0.2, 0.25) is 0 Å². The van der Waals surface area contributed by atoms with Gasteiger partial charge in [0.25, 0.3) is 0 Å². The van der Waals surface area contributed by atoms with Gasteiger partial charge in [0.1, 0.15) is 0 Å². The second-order valence-corrected chi connectivity index (χ2v) is 5.55. The number of anilines is 2. The number of hydrogen-bond acceptors (Lipinski definition) is 3. The number of aryl methyl sites for hydroxylation is 1. The zero-order chi connectivity index (χ0) is 12.6. The van der Waals surface area contributed by atoms with Gasteiger partial charge in [0.15, 0.2) is 5.82 Å². The van der Waals surface area contributed by atoms with Gasteiger partial charge in [-0.05, 0) is 39.5 Å².